The molecule has 8 nitrogen and oxygen atoms in total. The topological polar surface area (TPSA) is 83.5 Å². The van der Waals surface area contributed by atoms with Gasteiger partial charge in [0.25, 0.3) is 0 Å². The Kier molecular flexibility index (Phi) is 6.62. The van der Waals surface area contributed by atoms with E-state index in [1.807, 2.05) is 6.07 Å². The molecule has 0 aliphatic carbocycles. The van der Waals surface area contributed by atoms with Crippen LogP contribution in [0.1, 0.15) is 39.2 Å². The number of hydrogen-bond donors (Lipinski definition) is 1. The summed E-state index contributed by atoms with van der Waals surface area (Å²) in [5.74, 6) is 0.689. The summed E-state index contributed by atoms with van der Waals surface area (Å²) in [6.45, 7) is 8.19. The molecule has 0 spiro atoms. The number of carbonyl (C=O) groups excluding carboxylic acids is 1. The predicted molar refractivity (Wildman–Crippen MR) is 138 cm³/mol. The first-order chi connectivity index (χ1) is 18.0. The van der Waals surface area contributed by atoms with Gasteiger partial charge in [-0.05, 0) is 48.6 Å². The fraction of sp³-hybridized carbons (Fsp3) is 0.407. The molecule has 200 valence electrons. The van der Waals surface area contributed by atoms with Gasteiger partial charge in [0.05, 0.1) is 29.6 Å². The van der Waals surface area contributed by atoms with E-state index >= 15 is 0 Å². The highest BCUT2D eigenvalue weighted by molar-refractivity contribution is 6.04. The maximum absolute atomic E-state index is 13.5. The lowest BCUT2D eigenvalue weighted by Gasteiger charge is -2.35. The number of ether oxygens (including phenoxy) is 1. The number of alkyl halides is 3. The third-order valence-electron chi connectivity index (χ3n) is 6.61. The van der Waals surface area contributed by atoms with Crippen molar-refractivity contribution in [2.75, 3.05) is 34.8 Å². The Morgan fingerprint density at radius 1 is 1.13 bits per heavy atom. The first kappa shape index (κ1) is 25.7. The fourth-order valence-electron chi connectivity index (χ4n) is 4.59. The number of halogens is 3. The normalized spacial score (nSPS) is 16.8. The van der Waals surface area contributed by atoms with Gasteiger partial charge in [0, 0.05) is 24.8 Å². The van der Waals surface area contributed by atoms with E-state index in [1.54, 1.807) is 23.1 Å². The second-order valence-electron chi connectivity index (χ2n) is 10.7. The minimum absolute atomic E-state index is 0.0998. The molecule has 0 radical (unpaired) electrons. The van der Waals surface area contributed by atoms with Crippen molar-refractivity contribution < 1.29 is 22.7 Å². The molecule has 5 rings (SSSR count). The molecule has 1 N–H and O–H groups in total. The van der Waals surface area contributed by atoms with Crippen molar-refractivity contribution in [2.45, 2.75) is 45.8 Å². The SMILES string of the molecule is CC(C)(C)CCOc1nccc(NC(=O)N2c3nc(-c4cccc(C(F)(F)F)c4)ccc3N3CC[C@H]2C3)n1. The van der Waals surface area contributed by atoms with Gasteiger partial charge in [0.15, 0.2) is 5.82 Å². The summed E-state index contributed by atoms with van der Waals surface area (Å²) >= 11 is 0. The second-order valence-corrected chi connectivity index (χ2v) is 10.7. The number of carbonyl (C=O) groups is 1. The summed E-state index contributed by atoms with van der Waals surface area (Å²) in [5.41, 5.74) is 0.786. The summed E-state index contributed by atoms with van der Waals surface area (Å²) in [4.78, 5) is 30.3. The Labute approximate surface area is 218 Å². The number of rotatable bonds is 5. The van der Waals surface area contributed by atoms with Crippen molar-refractivity contribution in [1.82, 2.24) is 15.0 Å². The Morgan fingerprint density at radius 2 is 1.95 bits per heavy atom. The molecule has 1 aromatic carbocycles. The first-order valence-electron chi connectivity index (χ1n) is 12.5. The van der Waals surface area contributed by atoms with E-state index in [1.165, 1.54) is 12.3 Å². The molecule has 38 heavy (non-hydrogen) atoms. The molecule has 2 amide bonds. The zero-order valence-corrected chi connectivity index (χ0v) is 21.4. The van der Waals surface area contributed by atoms with Crippen molar-refractivity contribution in [1.29, 1.82) is 0 Å². The highest BCUT2D eigenvalue weighted by atomic mass is 19.4. The van der Waals surface area contributed by atoms with Crippen LogP contribution in [0.3, 0.4) is 0 Å². The van der Waals surface area contributed by atoms with Crippen molar-refractivity contribution in [3.05, 3.63) is 54.2 Å². The molecular weight excluding hydrogens is 497 g/mol. The van der Waals surface area contributed by atoms with Crippen LogP contribution in [-0.2, 0) is 6.18 Å². The number of nitrogens with zero attached hydrogens (tertiary/aromatic N) is 5. The third-order valence-corrected chi connectivity index (χ3v) is 6.61. The molecule has 1 atom stereocenters. The van der Waals surface area contributed by atoms with Crippen molar-refractivity contribution in [3.8, 4) is 17.3 Å². The molecule has 2 aromatic heterocycles. The lowest BCUT2D eigenvalue weighted by molar-refractivity contribution is -0.137. The van der Waals surface area contributed by atoms with Crippen LogP contribution in [0.2, 0.25) is 0 Å². The van der Waals surface area contributed by atoms with E-state index in [0.717, 1.165) is 37.2 Å². The standard InChI is InChI=1S/C27H29F3N6O2/c1-26(2,3)11-14-38-24-31-12-9-22(33-24)34-25(37)36-19-10-13-35(16-19)21-8-7-20(32-23(21)36)17-5-4-6-18(15-17)27(28,29)30/h4-9,12,15,19H,10-11,13-14,16H2,1-3H3,(H,31,33,34,37)/t19-/m0/s1. The largest absolute Gasteiger partial charge is 0.463 e. The maximum atomic E-state index is 13.5. The van der Waals surface area contributed by atoms with Crippen LogP contribution in [-0.4, -0.2) is 46.7 Å². The Morgan fingerprint density at radius 3 is 2.71 bits per heavy atom. The third kappa shape index (κ3) is 5.51. The Balaban J connectivity index is 1.40. The number of hydrogen-bond acceptors (Lipinski definition) is 6. The average Bonchev–Trinajstić information content (AvgIpc) is 3.27. The van der Waals surface area contributed by atoms with Gasteiger partial charge in [0.2, 0.25) is 0 Å². The van der Waals surface area contributed by atoms with Gasteiger partial charge in [0.1, 0.15) is 5.82 Å². The van der Waals surface area contributed by atoms with Crippen LogP contribution in [0.15, 0.2) is 48.7 Å². The lowest BCUT2D eigenvalue weighted by atomic mass is 9.93. The minimum Gasteiger partial charge on any atom is -0.463 e. The van der Waals surface area contributed by atoms with Crippen LogP contribution in [0.4, 0.5) is 35.3 Å². The summed E-state index contributed by atoms with van der Waals surface area (Å²) in [6, 6.07) is 9.72. The minimum atomic E-state index is -4.46. The molecule has 3 aromatic rings. The fourth-order valence-corrected chi connectivity index (χ4v) is 4.59. The second kappa shape index (κ2) is 9.77. The predicted octanol–water partition coefficient (Wildman–Crippen LogP) is 6.00. The van der Waals surface area contributed by atoms with Gasteiger partial charge >= 0.3 is 18.2 Å². The maximum Gasteiger partial charge on any atom is 0.416 e. The van der Waals surface area contributed by atoms with Gasteiger partial charge in [-0.2, -0.15) is 18.2 Å². The average molecular weight is 527 g/mol. The molecule has 0 unspecified atom stereocenters. The molecule has 0 saturated carbocycles. The molecule has 2 aliphatic rings. The van der Waals surface area contributed by atoms with Gasteiger partial charge < -0.3 is 9.64 Å². The molecule has 1 saturated heterocycles. The van der Waals surface area contributed by atoms with Crippen LogP contribution in [0, 0.1) is 5.41 Å². The Hall–Kier alpha value is -3.89. The monoisotopic (exact) mass is 526 g/mol. The highest BCUT2D eigenvalue weighted by Gasteiger charge is 2.40. The van der Waals surface area contributed by atoms with E-state index in [9.17, 15) is 18.0 Å². The summed E-state index contributed by atoms with van der Waals surface area (Å²) in [7, 11) is 0. The number of benzene rings is 1. The van der Waals surface area contributed by atoms with Crippen LogP contribution in [0.5, 0.6) is 6.01 Å². The van der Waals surface area contributed by atoms with Crippen molar-refractivity contribution >= 4 is 23.4 Å². The molecule has 4 heterocycles. The summed E-state index contributed by atoms with van der Waals surface area (Å²) < 4.78 is 45.5. The van der Waals surface area contributed by atoms with E-state index in [4.69, 9.17) is 4.74 Å². The highest BCUT2D eigenvalue weighted by Crippen LogP contribution is 2.41. The number of pyridine rings is 1. The van der Waals surface area contributed by atoms with Gasteiger partial charge in [-0.3, -0.25) is 10.2 Å². The van der Waals surface area contributed by atoms with E-state index < -0.39 is 17.8 Å². The van der Waals surface area contributed by atoms with Gasteiger partial charge in [-0.1, -0.05) is 32.9 Å². The van der Waals surface area contributed by atoms with E-state index in [2.05, 4.69) is 45.9 Å². The van der Waals surface area contributed by atoms with Crippen molar-refractivity contribution in [3.63, 3.8) is 0 Å². The number of nitrogens with one attached hydrogen (secondary N) is 1. The number of amides is 2. The molecular formula is C27H29F3N6O2. The first-order valence-corrected chi connectivity index (χ1v) is 12.5. The lowest BCUT2D eigenvalue weighted by Crippen LogP contribution is -2.48. The number of anilines is 3. The smallest absolute Gasteiger partial charge is 0.416 e. The van der Waals surface area contributed by atoms with Gasteiger partial charge in [-0.15, -0.1) is 0 Å². The molecule has 11 heteroatoms. The van der Waals surface area contributed by atoms with Crippen LogP contribution < -0.4 is 19.9 Å². The van der Waals surface area contributed by atoms with Crippen LogP contribution in [0.25, 0.3) is 11.3 Å². The van der Waals surface area contributed by atoms with E-state index in [-0.39, 0.29) is 23.3 Å². The number of fused-ring (bicyclic) bond motifs is 4. The van der Waals surface area contributed by atoms with Gasteiger partial charge in [-0.25, -0.2) is 14.8 Å². The summed E-state index contributed by atoms with van der Waals surface area (Å²) in [5, 5.41) is 2.82. The zero-order chi connectivity index (χ0) is 27.1. The van der Waals surface area contributed by atoms with Crippen molar-refractivity contribution in [2.24, 2.45) is 5.41 Å². The van der Waals surface area contributed by atoms with Crippen LogP contribution >= 0.6 is 0 Å². The molecule has 1 fully saturated rings. The molecule has 2 bridgehead atoms. The quantitative estimate of drug-likeness (QED) is 0.439. The molecule has 2 aliphatic heterocycles. The zero-order valence-electron chi connectivity index (χ0n) is 21.4. The summed E-state index contributed by atoms with van der Waals surface area (Å²) in [6.07, 6.45) is -1.39. The Bertz CT molecular complexity index is 1340. The number of aromatic nitrogens is 3. The number of urea groups is 1. The van der Waals surface area contributed by atoms with E-state index in [0.29, 0.717) is 30.2 Å².